The van der Waals surface area contributed by atoms with Crippen LogP contribution in [-0.4, -0.2) is 5.78 Å². The lowest BCUT2D eigenvalue weighted by molar-refractivity contribution is -0.116. The number of ketones is 1. The van der Waals surface area contributed by atoms with Crippen LogP contribution in [0, 0.1) is 18.3 Å². The summed E-state index contributed by atoms with van der Waals surface area (Å²) in [5, 5.41) is 10.1. The quantitative estimate of drug-likeness (QED) is 0.677. The number of nitrogens with zero attached hydrogens (tertiary/aromatic N) is 2. The Hall–Kier alpha value is -2.84. The summed E-state index contributed by atoms with van der Waals surface area (Å²) in [4.78, 5) is 17.4. The topological polar surface area (TPSA) is 70.1 Å². The van der Waals surface area contributed by atoms with Gasteiger partial charge in [0, 0.05) is 33.1 Å². The number of unbranched alkanes of at least 4 members (excludes halogenated alkanes) is 1. The standard InChI is InChI=1S/C25H27N3OS/c1-3-4-6-18-13-14-22(30-18)23-19(15-26)25(27)28(17-11-9-16(2)10-12-17)20-7-5-8-21(29)24(20)23/h9-14,23H,3-8,27H2,1-2H3. The predicted molar refractivity (Wildman–Crippen MR) is 122 cm³/mol. The summed E-state index contributed by atoms with van der Waals surface area (Å²) < 4.78 is 0. The van der Waals surface area contributed by atoms with Crippen LogP contribution in [-0.2, 0) is 11.2 Å². The second kappa shape index (κ2) is 8.49. The fourth-order valence-electron chi connectivity index (χ4n) is 4.39. The van der Waals surface area contributed by atoms with Gasteiger partial charge in [0.05, 0.1) is 17.6 Å². The number of allylic oxidation sites excluding steroid dienone is 3. The van der Waals surface area contributed by atoms with Crippen molar-refractivity contribution in [3.8, 4) is 6.07 Å². The molecule has 30 heavy (non-hydrogen) atoms. The fraction of sp³-hybridized carbons (Fsp3) is 0.360. The fourth-order valence-corrected chi connectivity index (χ4v) is 5.57. The summed E-state index contributed by atoms with van der Waals surface area (Å²) >= 11 is 1.71. The van der Waals surface area contributed by atoms with Gasteiger partial charge < -0.3 is 5.73 Å². The maximum atomic E-state index is 13.1. The van der Waals surface area contributed by atoms with Gasteiger partial charge in [0.15, 0.2) is 5.78 Å². The molecule has 0 radical (unpaired) electrons. The molecule has 2 aliphatic rings. The summed E-state index contributed by atoms with van der Waals surface area (Å²) in [5.74, 6) is 0.241. The Morgan fingerprint density at radius 2 is 1.97 bits per heavy atom. The second-order valence-electron chi connectivity index (χ2n) is 8.06. The van der Waals surface area contributed by atoms with Crippen LogP contribution in [0.1, 0.15) is 60.3 Å². The average Bonchev–Trinajstić information content (AvgIpc) is 3.21. The van der Waals surface area contributed by atoms with E-state index in [-0.39, 0.29) is 11.7 Å². The largest absolute Gasteiger partial charge is 0.384 e. The number of benzene rings is 1. The highest BCUT2D eigenvalue weighted by molar-refractivity contribution is 7.12. The van der Waals surface area contributed by atoms with E-state index in [0.717, 1.165) is 59.5 Å². The van der Waals surface area contributed by atoms with Gasteiger partial charge in [0.2, 0.25) is 0 Å². The van der Waals surface area contributed by atoms with Gasteiger partial charge in [0.1, 0.15) is 5.82 Å². The van der Waals surface area contributed by atoms with E-state index < -0.39 is 0 Å². The van der Waals surface area contributed by atoms with Crippen LogP contribution in [0.25, 0.3) is 0 Å². The van der Waals surface area contributed by atoms with Crippen LogP contribution in [0.2, 0.25) is 0 Å². The Morgan fingerprint density at radius 3 is 2.67 bits per heavy atom. The molecule has 1 aliphatic carbocycles. The number of nitriles is 1. The molecule has 0 amide bonds. The maximum absolute atomic E-state index is 13.1. The third-order valence-electron chi connectivity index (χ3n) is 5.95. The lowest BCUT2D eigenvalue weighted by Gasteiger charge is -2.39. The first-order chi connectivity index (χ1) is 14.5. The molecule has 1 atom stereocenters. The third-order valence-corrected chi connectivity index (χ3v) is 7.16. The zero-order valence-corrected chi connectivity index (χ0v) is 18.4. The molecule has 0 fully saturated rings. The Labute approximate surface area is 182 Å². The first-order valence-corrected chi connectivity index (χ1v) is 11.5. The van der Waals surface area contributed by atoms with Gasteiger partial charge in [-0.05, 0) is 56.9 Å². The van der Waals surface area contributed by atoms with E-state index in [0.29, 0.717) is 17.8 Å². The van der Waals surface area contributed by atoms with Gasteiger partial charge in [0.25, 0.3) is 0 Å². The summed E-state index contributed by atoms with van der Waals surface area (Å²) in [6, 6.07) is 14.7. The summed E-state index contributed by atoms with van der Waals surface area (Å²) in [6.45, 7) is 4.22. The lowest BCUT2D eigenvalue weighted by Crippen LogP contribution is -2.38. The highest BCUT2D eigenvalue weighted by Crippen LogP contribution is 2.47. The van der Waals surface area contributed by atoms with E-state index in [4.69, 9.17) is 5.73 Å². The van der Waals surface area contributed by atoms with Crippen molar-refractivity contribution >= 4 is 22.8 Å². The minimum Gasteiger partial charge on any atom is -0.384 e. The number of aryl methyl sites for hydroxylation is 2. The molecule has 2 N–H and O–H groups in total. The smallest absolute Gasteiger partial charge is 0.161 e. The first-order valence-electron chi connectivity index (χ1n) is 10.7. The van der Waals surface area contributed by atoms with Crippen molar-refractivity contribution in [3.05, 3.63) is 74.4 Å². The molecule has 4 rings (SSSR count). The van der Waals surface area contributed by atoms with Crippen molar-refractivity contribution in [1.29, 1.82) is 5.26 Å². The minimum absolute atomic E-state index is 0.141. The summed E-state index contributed by atoms with van der Waals surface area (Å²) in [6.07, 6.45) is 5.45. The molecule has 1 aromatic carbocycles. The van der Waals surface area contributed by atoms with Gasteiger partial charge in [-0.1, -0.05) is 31.0 Å². The van der Waals surface area contributed by atoms with E-state index in [1.807, 2.05) is 36.1 Å². The molecule has 1 aliphatic heterocycles. The molecular weight excluding hydrogens is 390 g/mol. The van der Waals surface area contributed by atoms with E-state index in [2.05, 4.69) is 25.1 Å². The van der Waals surface area contributed by atoms with Crippen LogP contribution < -0.4 is 10.6 Å². The monoisotopic (exact) mass is 417 g/mol. The van der Waals surface area contributed by atoms with Crippen molar-refractivity contribution in [3.63, 3.8) is 0 Å². The van der Waals surface area contributed by atoms with Crippen LogP contribution in [0.15, 0.2) is 59.1 Å². The molecule has 2 aromatic rings. The number of carbonyl (C=O) groups is 1. The molecule has 0 bridgehead atoms. The number of hydrogen-bond acceptors (Lipinski definition) is 5. The molecule has 0 saturated carbocycles. The summed E-state index contributed by atoms with van der Waals surface area (Å²) in [7, 11) is 0. The van der Waals surface area contributed by atoms with Gasteiger partial charge in [-0.25, -0.2) is 0 Å². The van der Waals surface area contributed by atoms with E-state index in [9.17, 15) is 10.1 Å². The van der Waals surface area contributed by atoms with E-state index in [1.165, 1.54) is 4.88 Å². The third kappa shape index (κ3) is 3.57. The van der Waals surface area contributed by atoms with Gasteiger partial charge >= 0.3 is 0 Å². The molecular formula is C25H27N3OS. The molecule has 5 heteroatoms. The minimum atomic E-state index is -0.347. The molecule has 4 nitrogen and oxygen atoms in total. The zero-order chi connectivity index (χ0) is 21.3. The number of thiophene rings is 1. The second-order valence-corrected chi connectivity index (χ2v) is 9.26. The van der Waals surface area contributed by atoms with Crippen molar-refractivity contribution in [2.75, 3.05) is 4.90 Å². The van der Waals surface area contributed by atoms with Crippen LogP contribution >= 0.6 is 11.3 Å². The molecule has 0 spiro atoms. The van der Waals surface area contributed by atoms with Crippen molar-refractivity contribution < 1.29 is 4.79 Å². The Morgan fingerprint density at radius 1 is 1.20 bits per heavy atom. The van der Waals surface area contributed by atoms with Crippen LogP contribution in [0.3, 0.4) is 0 Å². The number of rotatable bonds is 5. The van der Waals surface area contributed by atoms with Crippen LogP contribution in [0.5, 0.6) is 0 Å². The number of nitrogens with two attached hydrogens (primary N) is 1. The first kappa shape index (κ1) is 20.4. The molecule has 1 aromatic heterocycles. The highest BCUT2D eigenvalue weighted by atomic mass is 32.1. The Kier molecular flexibility index (Phi) is 5.78. The average molecular weight is 418 g/mol. The van der Waals surface area contributed by atoms with Crippen molar-refractivity contribution in [1.82, 2.24) is 0 Å². The SMILES string of the molecule is CCCCc1ccc(C2C(C#N)=C(N)N(c3ccc(C)cc3)C3=C2C(=O)CCC3)s1. The van der Waals surface area contributed by atoms with E-state index in [1.54, 1.807) is 11.3 Å². The Bertz CT molecular complexity index is 1070. The number of Topliss-reactive ketones (excluding diaryl/α,β-unsaturated/α-hetero) is 1. The van der Waals surface area contributed by atoms with Gasteiger partial charge in [-0.2, -0.15) is 5.26 Å². The maximum Gasteiger partial charge on any atom is 0.161 e. The zero-order valence-electron chi connectivity index (χ0n) is 17.6. The van der Waals surface area contributed by atoms with Gasteiger partial charge in [-0.15, -0.1) is 11.3 Å². The molecule has 0 saturated heterocycles. The lowest BCUT2D eigenvalue weighted by atomic mass is 9.78. The number of anilines is 1. The molecule has 2 heterocycles. The number of hydrogen-bond donors (Lipinski definition) is 1. The molecule has 154 valence electrons. The van der Waals surface area contributed by atoms with Crippen LogP contribution in [0.4, 0.5) is 5.69 Å². The van der Waals surface area contributed by atoms with E-state index >= 15 is 0 Å². The Balaban J connectivity index is 1.86. The van der Waals surface area contributed by atoms with Crippen molar-refractivity contribution in [2.24, 2.45) is 5.73 Å². The molecule has 1 unspecified atom stereocenters. The highest BCUT2D eigenvalue weighted by Gasteiger charge is 2.40. The number of carbonyl (C=O) groups excluding carboxylic acids is 1. The normalized spacial score (nSPS) is 19.2. The van der Waals surface area contributed by atoms with Gasteiger partial charge in [-0.3, -0.25) is 9.69 Å². The summed E-state index contributed by atoms with van der Waals surface area (Å²) in [5.41, 5.74) is 10.9. The predicted octanol–water partition coefficient (Wildman–Crippen LogP) is 5.70. The van der Waals surface area contributed by atoms with Crippen molar-refractivity contribution in [2.45, 2.75) is 58.3 Å².